The third-order valence-electron chi connectivity index (χ3n) is 1.63. The normalized spacial score (nSPS) is 10.7. The molecule has 0 unspecified atom stereocenters. The summed E-state index contributed by atoms with van der Waals surface area (Å²) >= 11 is 5.76. The lowest BCUT2D eigenvalue weighted by molar-refractivity contribution is 1.23. The predicted octanol–water partition coefficient (Wildman–Crippen LogP) is 3.63. The molecule has 68 valence electrons. The van der Waals surface area contributed by atoms with Crippen LogP contribution in [0.25, 0.3) is 6.08 Å². The lowest BCUT2D eigenvalue weighted by Crippen LogP contribution is -1.86. The second-order valence-electron chi connectivity index (χ2n) is 3.02. The van der Waals surface area contributed by atoms with Crippen LogP contribution >= 0.6 is 11.6 Å². The van der Waals surface area contributed by atoms with Gasteiger partial charge in [0.15, 0.2) is 0 Å². The predicted molar refractivity (Wildman–Crippen MR) is 57.8 cm³/mol. The quantitative estimate of drug-likeness (QED) is 0.516. The molecule has 0 radical (unpaired) electrons. The number of pyridine rings is 1. The summed E-state index contributed by atoms with van der Waals surface area (Å²) in [6, 6.07) is 3.74. The van der Waals surface area contributed by atoms with E-state index in [4.69, 9.17) is 11.6 Å². The van der Waals surface area contributed by atoms with Crippen LogP contribution in [0, 0.1) is 6.92 Å². The van der Waals surface area contributed by atoms with Crippen molar-refractivity contribution in [3.8, 4) is 0 Å². The van der Waals surface area contributed by atoms with Gasteiger partial charge < -0.3 is 0 Å². The van der Waals surface area contributed by atoms with Gasteiger partial charge in [-0.15, -0.1) is 0 Å². The summed E-state index contributed by atoms with van der Waals surface area (Å²) < 4.78 is 0. The number of aryl methyl sites for hydroxylation is 1. The first-order chi connectivity index (χ1) is 6.09. The first-order valence-electron chi connectivity index (χ1n) is 4.06. The maximum Gasteiger partial charge on any atom is 0.129 e. The standard InChI is InChI=1S/C11H12ClN/c1-8(2)4-6-10-9(3)5-7-11(12)13-10/h4-7H,1H2,2-3H3/b6-4-. The lowest BCUT2D eigenvalue weighted by Gasteiger charge is -1.99. The van der Waals surface area contributed by atoms with Gasteiger partial charge in [-0.3, -0.25) is 0 Å². The van der Waals surface area contributed by atoms with E-state index in [1.54, 1.807) is 6.07 Å². The fourth-order valence-electron chi connectivity index (χ4n) is 0.910. The van der Waals surface area contributed by atoms with Crippen LogP contribution in [-0.2, 0) is 0 Å². The number of allylic oxidation sites excluding steroid dienone is 2. The highest BCUT2D eigenvalue weighted by Gasteiger charge is 1.96. The molecule has 13 heavy (non-hydrogen) atoms. The second kappa shape index (κ2) is 4.24. The minimum Gasteiger partial charge on any atom is -0.236 e. The van der Waals surface area contributed by atoms with Crippen LogP contribution in [0.15, 0.2) is 30.4 Å². The summed E-state index contributed by atoms with van der Waals surface area (Å²) in [4.78, 5) is 4.18. The molecule has 0 saturated carbocycles. The Bertz CT molecular complexity index is 353. The van der Waals surface area contributed by atoms with Crippen LogP contribution in [0.5, 0.6) is 0 Å². The van der Waals surface area contributed by atoms with E-state index in [1.807, 2.05) is 32.1 Å². The molecule has 0 amide bonds. The Kier molecular flexibility index (Phi) is 3.26. The third kappa shape index (κ3) is 3.03. The Morgan fingerprint density at radius 3 is 2.85 bits per heavy atom. The van der Waals surface area contributed by atoms with Crippen LogP contribution in [0.4, 0.5) is 0 Å². The molecule has 0 aliphatic carbocycles. The van der Waals surface area contributed by atoms with Crippen molar-refractivity contribution in [1.82, 2.24) is 4.98 Å². The van der Waals surface area contributed by atoms with E-state index in [0.717, 1.165) is 16.8 Å². The first kappa shape index (κ1) is 10.0. The number of hydrogen-bond acceptors (Lipinski definition) is 1. The van der Waals surface area contributed by atoms with Crippen LogP contribution in [0.2, 0.25) is 5.15 Å². The van der Waals surface area contributed by atoms with Crippen LogP contribution in [-0.4, -0.2) is 4.98 Å². The van der Waals surface area contributed by atoms with Gasteiger partial charge >= 0.3 is 0 Å². The molecule has 0 fully saturated rings. The minimum atomic E-state index is 0.520. The van der Waals surface area contributed by atoms with E-state index in [-0.39, 0.29) is 0 Å². The summed E-state index contributed by atoms with van der Waals surface area (Å²) in [7, 11) is 0. The summed E-state index contributed by atoms with van der Waals surface area (Å²) in [6.07, 6.45) is 3.84. The van der Waals surface area contributed by atoms with Gasteiger partial charge in [0.1, 0.15) is 5.15 Å². The molecule has 0 N–H and O–H groups in total. The summed E-state index contributed by atoms with van der Waals surface area (Å²) in [5.41, 5.74) is 3.01. The topological polar surface area (TPSA) is 12.9 Å². The van der Waals surface area contributed by atoms with Gasteiger partial charge in [0.25, 0.3) is 0 Å². The molecule has 0 spiro atoms. The zero-order chi connectivity index (χ0) is 9.84. The fraction of sp³-hybridized carbons (Fsp3) is 0.182. The maximum atomic E-state index is 5.76. The molecular weight excluding hydrogens is 182 g/mol. The van der Waals surface area contributed by atoms with Gasteiger partial charge in [-0.2, -0.15) is 0 Å². The summed E-state index contributed by atoms with van der Waals surface area (Å²) in [5.74, 6) is 0. The monoisotopic (exact) mass is 193 g/mol. The highest BCUT2D eigenvalue weighted by molar-refractivity contribution is 6.29. The molecule has 1 rings (SSSR count). The lowest BCUT2D eigenvalue weighted by atomic mass is 10.2. The van der Waals surface area contributed by atoms with Crippen LogP contribution in [0.3, 0.4) is 0 Å². The van der Waals surface area contributed by atoms with Crippen molar-refractivity contribution < 1.29 is 0 Å². The summed E-state index contributed by atoms with van der Waals surface area (Å²) in [6.45, 7) is 7.72. The molecule has 0 saturated heterocycles. The molecule has 1 aromatic rings. The maximum absolute atomic E-state index is 5.76. The van der Waals surface area contributed by atoms with Crippen LogP contribution in [0.1, 0.15) is 18.2 Å². The first-order valence-corrected chi connectivity index (χ1v) is 4.44. The molecule has 0 aliphatic rings. The van der Waals surface area contributed by atoms with E-state index in [0.29, 0.717) is 5.15 Å². The van der Waals surface area contributed by atoms with Crippen molar-refractivity contribution in [1.29, 1.82) is 0 Å². The van der Waals surface area contributed by atoms with Crippen molar-refractivity contribution in [2.45, 2.75) is 13.8 Å². The van der Waals surface area contributed by atoms with Gasteiger partial charge in [-0.25, -0.2) is 4.98 Å². The molecule has 1 nitrogen and oxygen atoms in total. The smallest absolute Gasteiger partial charge is 0.129 e. The van der Waals surface area contributed by atoms with Crippen molar-refractivity contribution >= 4 is 17.7 Å². The zero-order valence-corrected chi connectivity index (χ0v) is 8.60. The van der Waals surface area contributed by atoms with Crippen molar-refractivity contribution in [3.63, 3.8) is 0 Å². The minimum absolute atomic E-state index is 0.520. The molecular formula is C11H12ClN. The van der Waals surface area contributed by atoms with Crippen molar-refractivity contribution in [3.05, 3.63) is 46.8 Å². The SMILES string of the molecule is C=C(C)/C=C\c1nc(Cl)ccc1C. The number of nitrogens with zero attached hydrogens (tertiary/aromatic N) is 1. The van der Waals surface area contributed by atoms with E-state index in [2.05, 4.69) is 11.6 Å². The van der Waals surface area contributed by atoms with E-state index in [9.17, 15) is 0 Å². The van der Waals surface area contributed by atoms with E-state index < -0.39 is 0 Å². The Labute approximate surface area is 83.8 Å². The molecule has 0 aromatic carbocycles. The number of halogens is 1. The number of aromatic nitrogens is 1. The van der Waals surface area contributed by atoms with Crippen LogP contribution < -0.4 is 0 Å². The second-order valence-corrected chi connectivity index (χ2v) is 3.40. The molecule has 2 heteroatoms. The Morgan fingerprint density at radius 1 is 1.54 bits per heavy atom. The van der Waals surface area contributed by atoms with Gasteiger partial charge in [-0.05, 0) is 31.6 Å². The zero-order valence-electron chi connectivity index (χ0n) is 7.84. The highest BCUT2D eigenvalue weighted by atomic mass is 35.5. The van der Waals surface area contributed by atoms with Gasteiger partial charge in [-0.1, -0.05) is 35.9 Å². The molecule has 0 atom stereocenters. The summed E-state index contributed by atoms with van der Waals surface area (Å²) in [5, 5.41) is 0.520. The number of rotatable bonds is 2. The molecule has 1 heterocycles. The average molecular weight is 194 g/mol. The molecule has 0 bridgehead atoms. The van der Waals surface area contributed by atoms with Crippen molar-refractivity contribution in [2.24, 2.45) is 0 Å². The third-order valence-corrected chi connectivity index (χ3v) is 1.84. The molecule has 0 aliphatic heterocycles. The van der Waals surface area contributed by atoms with Gasteiger partial charge in [0.2, 0.25) is 0 Å². The highest BCUT2D eigenvalue weighted by Crippen LogP contribution is 2.12. The Balaban J connectivity index is 3.00. The largest absolute Gasteiger partial charge is 0.236 e. The van der Waals surface area contributed by atoms with Crippen molar-refractivity contribution in [2.75, 3.05) is 0 Å². The fourth-order valence-corrected chi connectivity index (χ4v) is 1.06. The molecule has 1 aromatic heterocycles. The van der Waals surface area contributed by atoms with E-state index >= 15 is 0 Å². The van der Waals surface area contributed by atoms with E-state index in [1.165, 1.54) is 0 Å². The van der Waals surface area contributed by atoms with Gasteiger partial charge in [0, 0.05) is 0 Å². The van der Waals surface area contributed by atoms with Gasteiger partial charge in [0.05, 0.1) is 5.69 Å². The Hall–Kier alpha value is -1.08. The average Bonchev–Trinajstić information content (AvgIpc) is 2.06. The number of hydrogen-bond donors (Lipinski definition) is 0. The Morgan fingerprint density at radius 2 is 2.23 bits per heavy atom.